The highest BCUT2D eigenvalue weighted by Crippen LogP contribution is 2.28. The van der Waals surface area contributed by atoms with Gasteiger partial charge in [-0.25, -0.2) is 0 Å². The summed E-state index contributed by atoms with van der Waals surface area (Å²) in [4.78, 5) is 12.0. The molecule has 0 atom stereocenters. The number of benzene rings is 1. The van der Waals surface area contributed by atoms with Crippen LogP contribution in [0.1, 0.15) is 11.3 Å². The zero-order valence-electron chi connectivity index (χ0n) is 10.8. The lowest BCUT2D eigenvalue weighted by molar-refractivity contribution is -0.115. The Morgan fingerprint density at radius 1 is 1.30 bits per heavy atom. The number of aryl methyl sites for hydroxylation is 1. The molecule has 1 saturated heterocycles. The molecule has 2 aromatic rings. The standard InChI is InChI=1S/C15H12N2O2S/c1-9-3-2-4-10(7-9)12-6-5-11(19-12)8-13-14(18)17-15(16)20-13/h2-8H,1H3,(H2,16,17,18)/b13-8-. The molecule has 1 aromatic heterocycles. The first-order valence-corrected chi connectivity index (χ1v) is 6.90. The number of hydrogen-bond acceptors (Lipinski definition) is 4. The molecule has 1 aromatic carbocycles. The molecule has 0 spiro atoms. The maximum atomic E-state index is 11.5. The van der Waals surface area contributed by atoms with Crippen molar-refractivity contribution in [3.8, 4) is 11.3 Å². The van der Waals surface area contributed by atoms with Crippen LogP contribution in [0.5, 0.6) is 0 Å². The van der Waals surface area contributed by atoms with Gasteiger partial charge in [-0.2, -0.15) is 0 Å². The molecule has 1 aliphatic heterocycles. The molecule has 20 heavy (non-hydrogen) atoms. The van der Waals surface area contributed by atoms with Gasteiger partial charge in [-0.3, -0.25) is 10.2 Å². The van der Waals surface area contributed by atoms with Crippen molar-refractivity contribution in [1.29, 1.82) is 5.41 Å². The van der Waals surface area contributed by atoms with Crippen molar-refractivity contribution >= 4 is 28.9 Å². The van der Waals surface area contributed by atoms with E-state index in [2.05, 4.69) is 5.32 Å². The van der Waals surface area contributed by atoms with E-state index in [9.17, 15) is 4.79 Å². The minimum atomic E-state index is -0.256. The minimum absolute atomic E-state index is 0.145. The first-order valence-electron chi connectivity index (χ1n) is 6.08. The van der Waals surface area contributed by atoms with E-state index in [1.165, 1.54) is 0 Å². The molecule has 1 amide bonds. The average Bonchev–Trinajstić information content (AvgIpc) is 2.97. The highest BCUT2D eigenvalue weighted by molar-refractivity contribution is 8.18. The van der Waals surface area contributed by atoms with Gasteiger partial charge in [0.25, 0.3) is 5.91 Å². The maximum absolute atomic E-state index is 11.5. The summed E-state index contributed by atoms with van der Waals surface area (Å²) in [7, 11) is 0. The Morgan fingerprint density at radius 2 is 2.15 bits per heavy atom. The summed E-state index contributed by atoms with van der Waals surface area (Å²) in [5, 5.41) is 9.97. The molecule has 4 nitrogen and oxygen atoms in total. The number of nitrogens with one attached hydrogen (secondary N) is 2. The normalized spacial score (nSPS) is 16.8. The van der Waals surface area contributed by atoms with Gasteiger partial charge in [0.15, 0.2) is 5.17 Å². The first kappa shape index (κ1) is 12.7. The van der Waals surface area contributed by atoms with Crippen molar-refractivity contribution in [1.82, 2.24) is 5.32 Å². The number of thioether (sulfide) groups is 1. The zero-order chi connectivity index (χ0) is 14.1. The third-order valence-electron chi connectivity index (χ3n) is 2.87. The van der Waals surface area contributed by atoms with E-state index in [1.54, 1.807) is 6.08 Å². The zero-order valence-corrected chi connectivity index (χ0v) is 11.6. The van der Waals surface area contributed by atoms with Gasteiger partial charge in [0.1, 0.15) is 11.5 Å². The third-order valence-corrected chi connectivity index (χ3v) is 3.69. The van der Waals surface area contributed by atoms with Gasteiger partial charge in [-0.1, -0.05) is 23.8 Å². The Labute approximate surface area is 120 Å². The highest BCUT2D eigenvalue weighted by Gasteiger charge is 2.22. The van der Waals surface area contributed by atoms with Crippen LogP contribution in [-0.4, -0.2) is 11.1 Å². The monoisotopic (exact) mass is 284 g/mol. The number of hydrogen-bond donors (Lipinski definition) is 2. The van der Waals surface area contributed by atoms with Crippen LogP contribution in [0.3, 0.4) is 0 Å². The van der Waals surface area contributed by atoms with Gasteiger partial charge in [0, 0.05) is 11.6 Å². The maximum Gasteiger partial charge on any atom is 0.264 e. The van der Waals surface area contributed by atoms with Crippen LogP contribution < -0.4 is 5.32 Å². The van der Waals surface area contributed by atoms with Gasteiger partial charge in [0.05, 0.1) is 4.91 Å². The predicted molar refractivity (Wildman–Crippen MR) is 80.3 cm³/mol. The lowest BCUT2D eigenvalue weighted by Crippen LogP contribution is -2.18. The van der Waals surface area contributed by atoms with Gasteiger partial charge < -0.3 is 9.73 Å². The Balaban J connectivity index is 1.89. The van der Waals surface area contributed by atoms with Crippen LogP contribution >= 0.6 is 11.8 Å². The van der Waals surface area contributed by atoms with Gasteiger partial charge in [0.2, 0.25) is 0 Å². The van der Waals surface area contributed by atoms with Crippen molar-refractivity contribution in [2.45, 2.75) is 6.92 Å². The molecule has 0 bridgehead atoms. The summed E-state index contributed by atoms with van der Waals surface area (Å²) in [5.74, 6) is 1.11. The summed E-state index contributed by atoms with van der Waals surface area (Å²) < 4.78 is 5.73. The molecule has 0 unspecified atom stereocenters. The smallest absolute Gasteiger partial charge is 0.264 e. The average molecular weight is 284 g/mol. The molecule has 0 radical (unpaired) electrons. The Bertz CT molecular complexity index is 731. The van der Waals surface area contributed by atoms with Crippen molar-refractivity contribution in [3.05, 3.63) is 52.6 Å². The lowest BCUT2D eigenvalue weighted by Gasteiger charge is -1.98. The number of rotatable bonds is 2. The number of amidine groups is 1. The van der Waals surface area contributed by atoms with Gasteiger partial charge >= 0.3 is 0 Å². The van der Waals surface area contributed by atoms with E-state index in [-0.39, 0.29) is 11.1 Å². The Hall–Kier alpha value is -2.27. The predicted octanol–water partition coefficient (Wildman–Crippen LogP) is 3.39. The Kier molecular flexibility index (Phi) is 3.20. The van der Waals surface area contributed by atoms with E-state index < -0.39 is 0 Å². The van der Waals surface area contributed by atoms with Crippen LogP contribution in [0.15, 0.2) is 45.7 Å². The van der Waals surface area contributed by atoms with E-state index in [0.717, 1.165) is 28.6 Å². The van der Waals surface area contributed by atoms with E-state index in [0.29, 0.717) is 10.7 Å². The highest BCUT2D eigenvalue weighted by atomic mass is 32.2. The van der Waals surface area contributed by atoms with Crippen molar-refractivity contribution in [2.24, 2.45) is 0 Å². The first-order chi connectivity index (χ1) is 9.61. The van der Waals surface area contributed by atoms with Crippen LogP contribution in [0.4, 0.5) is 0 Å². The largest absolute Gasteiger partial charge is 0.457 e. The second-order valence-electron chi connectivity index (χ2n) is 4.47. The van der Waals surface area contributed by atoms with Crippen molar-refractivity contribution in [2.75, 3.05) is 0 Å². The fraction of sp³-hybridized carbons (Fsp3) is 0.0667. The molecule has 0 saturated carbocycles. The van der Waals surface area contributed by atoms with Crippen molar-refractivity contribution < 1.29 is 9.21 Å². The minimum Gasteiger partial charge on any atom is -0.457 e. The van der Waals surface area contributed by atoms with Crippen LogP contribution in [0, 0.1) is 12.3 Å². The summed E-state index contributed by atoms with van der Waals surface area (Å²) in [6, 6.07) is 11.7. The summed E-state index contributed by atoms with van der Waals surface area (Å²) >= 11 is 1.10. The number of furan rings is 1. The van der Waals surface area contributed by atoms with Gasteiger partial charge in [-0.05, 0) is 36.9 Å². The second kappa shape index (κ2) is 5.02. The van der Waals surface area contributed by atoms with Crippen LogP contribution in [0.2, 0.25) is 0 Å². The summed E-state index contributed by atoms with van der Waals surface area (Å²) in [5.41, 5.74) is 2.17. The summed E-state index contributed by atoms with van der Waals surface area (Å²) in [6.07, 6.45) is 1.65. The molecular formula is C15H12N2O2S. The summed E-state index contributed by atoms with van der Waals surface area (Å²) in [6.45, 7) is 2.03. The fourth-order valence-corrected chi connectivity index (χ4v) is 2.64. The fourth-order valence-electron chi connectivity index (χ4n) is 1.95. The SMILES string of the molecule is Cc1cccc(-c2ccc(/C=C3\SC(=N)NC3=O)o2)c1. The number of carbonyl (C=O) groups excluding carboxylic acids is 1. The van der Waals surface area contributed by atoms with E-state index in [4.69, 9.17) is 9.83 Å². The second-order valence-corrected chi connectivity index (χ2v) is 5.52. The van der Waals surface area contributed by atoms with E-state index in [1.807, 2.05) is 43.3 Å². The molecule has 2 N–H and O–H groups in total. The quantitative estimate of drug-likeness (QED) is 0.831. The van der Waals surface area contributed by atoms with Crippen LogP contribution in [-0.2, 0) is 4.79 Å². The van der Waals surface area contributed by atoms with E-state index >= 15 is 0 Å². The Morgan fingerprint density at radius 3 is 2.85 bits per heavy atom. The third kappa shape index (κ3) is 2.53. The topological polar surface area (TPSA) is 66.1 Å². The molecule has 1 fully saturated rings. The lowest BCUT2D eigenvalue weighted by atomic mass is 10.1. The molecule has 1 aliphatic rings. The number of carbonyl (C=O) groups is 1. The molecule has 5 heteroatoms. The van der Waals surface area contributed by atoms with Gasteiger partial charge in [-0.15, -0.1) is 0 Å². The number of amides is 1. The van der Waals surface area contributed by atoms with Crippen LogP contribution in [0.25, 0.3) is 17.4 Å². The molecule has 2 heterocycles. The molecular weight excluding hydrogens is 272 g/mol. The van der Waals surface area contributed by atoms with Crippen molar-refractivity contribution in [3.63, 3.8) is 0 Å². The molecule has 3 rings (SSSR count). The molecule has 0 aliphatic carbocycles. The molecule has 100 valence electrons.